The normalized spacial score (nSPS) is 10.1. The number of halogens is 2. The largest absolute Gasteiger partial charge is 0.478 e. The first-order valence-electron chi connectivity index (χ1n) is 5.02. The molecule has 18 heavy (non-hydrogen) atoms. The molecule has 2 rings (SSSR count). The van der Waals surface area contributed by atoms with Gasteiger partial charge >= 0.3 is 5.97 Å². The van der Waals surface area contributed by atoms with Gasteiger partial charge < -0.3 is 9.84 Å². The van der Waals surface area contributed by atoms with Crippen LogP contribution < -0.4 is 4.74 Å². The zero-order valence-corrected chi connectivity index (χ0v) is 11.4. The Bertz CT molecular complexity index is 599. The number of carboxylic acid groups (broad SMARTS) is 1. The van der Waals surface area contributed by atoms with Gasteiger partial charge in [-0.1, -0.05) is 33.6 Å². The first-order chi connectivity index (χ1) is 8.56. The van der Waals surface area contributed by atoms with Crippen molar-refractivity contribution in [3.63, 3.8) is 0 Å². The van der Waals surface area contributed by atoms with Crippen molar-refractivity contribution in [3.8, 4) is 11.5 Å². The highest BCUT2D eigenvalue weighted by Gasteiger charge is 2.12. The fraction of sp³-hybridized carbons (Fsp3) is 0. The number of hydrogen-bond acceptors (Lipinski definition) is 2. The Labute approximate surface area is 117 Å². The van der Waals surface area contributed by atoms with E-state index in [-0.39, 0.29) is 11.3 Å². The number of benzene rings is 2. The summed E-state index contributed by atoms with van der Waals surface area (Å²) in [5.74, 6) is -0.276. The first-order valence-corrected chi connectivity index (χ1v) is 6.19. The van der Waals surface area contributed by atoms with E-state index < -0.39 is 5.97 Å². The minimum atomic E-state index is -1.08. The Kier molecular flexibility index (Phi) is 3.89. The van der Waals surface area contributed by atoms with E-state index in [1.807, 2.05) is 6.07 Å². The van der Waals surface area contributed by atoms with Crippen LogP contribution in [0.3, 0.4) is 0 Å². The second-order valence-electron chi connectivity index (χ2n) is 3.51. The van der Waals surface area contributed by atoms with Gasteiger partial charge in [0, 0.05) is 9.50 Å². The highest BCUT2D eigenvalue weighted by Crippen LogP contribution is 2.29. The van der Waals surface area contributed by atoms with Gasteiger partial charge in [0.05, 0.1) is 0 Å². The minimum Gasteiger partial charge on any atom is -0.478 e. The summed E-state index contributed by atoms with van der Waals surface area (Å²) >= 11 is 9.08. The lowest BCUT2D eigenvalue weighted by molar-refractivity contribution is 0.0694. The molecule has 0 fully saturated rings. The topological polar surface area (TPSA) is 46.5 Å². The lowest BCUT2D eigenvalue weighted by atomic mass is 10.2. The second kappa shape index (κ2) is 5.42. The number of aromatic carboxylic acids is 1. The number of hydrogen-bond donors (Lipinski definition) is 1. The Morgan fingerprint density at radius 3 is 2.67 bits per heavy atom. The number of carbonyl (C=O) groups is 1. The van der Waals surface area contributed by atoms with E-state index in [0.29, 0.717) is 10.8 Å². The summed E-state index contributed by atoms with van der Waals surface area (Å²) in [6.07, 6.45) is 0. The fourth-order valence-corrected chi connectivity index (χ4v) is 1.97. The van der Waals surface area contributed by atoms with Gasteiger partial charge in [-0.2, -0.15) is 0 Å². The highest BCUT2D eigenvalue weighted by atomic mass is 79.9. The molecule has 0 unspecified atom stereocenters. The first kappa shape index (κ1) is 12.9. The van der Waals surface area contributed by atoms with E-state index in [2.05, 4.69) is 15.9 Å². The van der Waals surface area contributed by atoms with E-state index in [4.69, 9.17) is 21.4 Å². The summed E-state index contributed by atoms with van der Waals surface area (Å²) in [4.78, 5) is 11.1. The molecule has 2 aromatic carbocycles. The van der Waals surface area contributed by atoms with E-state index in [1.165, 1.54) is 12.1 Å². The summed E-state index contributed by atoms with van der Waals surface area (Å²) in [7, 11) is 0. The van der Waals surface area contributed by atoms with Crippen LogP contribution in [0.2, 0.25) is 5.02 Å². The molecule has 0 aliphatic carbocycles. The molecule has 0 heterocycles. The van der Waals surface area contributed by atoms with Gasteiger partial charge in [-0.05, 0) is 36.4 Å². The SMILES string of the molecule is O=C(O)c1cc(Cl)ccc1Oc1cccc(Br)c1. The highest BCUT2D eigenvalue weighted by molar-refractivity contribution is 9.10. The molecule has 0 amide bonds. The monoisotopic (exact) mass is 326 g/mol. The molecule has 0 atom stereocenters. The van der Waals surface area contributed by atoms with E-state index in [1.54, 1.807) is 24.3 Å². The molecule has 2 aromatic rings. The molecule has 0 aliphatic heterocycles. The lowest BCUT2D eigenvalue weighted by Crippen LogP contribution is -1.99. The molecular weight excluding hydrogens is 319 g/mol. The van der Waals surface area contributed by atoms with Gasteiger partial charge in [-0.15, -0.1) is 0 Å². The Hall–Kier alpha value is -1.52. The van der Waals surface area contributed by atoms with Crippen molar-refractivity contribution < 1.29 is 14.6 Å². The smallest absolute Gasteiger partial charge is 0.339 e. The molecule has 0 radical (unpaired) electrons. The van der Waals surface area contributed by atoms with Gasteiger partial charge in [-0.3, -0.25) is 0 Å². The van der Waals surface area contributed by atoms with Crippen LogP contribution in [-0.2, 0) is 0 Å². The van der Waals surface area contributed by atoms with Gasteiger partial charge in [0.25, 0.3) is 0 Å². The van der Waals surface area contributed by atoms with Crippen LogP contribution in [-0.4, -0.2) is 11.1 Å². The Morgan fingerprint density at radius 1 is 1.22 bits per heavy atom. The van der Waals surface area contributed by atoms with Gasteiger partial charge in [0.1, 0.15) is 17.1 Å². The third-order valence-corrected chi connectivity index (χ3v) is 2.92. The predicted molar refractivity (Wildman–Crippen MR) is 72.6 cm³/mol. The van der Waals surface area contributed by atoms with Crippen LogP contribution in [0.25, 0.3) is 0 Å². The summed E-state index contributed by atoms with van der Waals surface area (Å²) in [6.45, 7) is 0. The lowest BCUT2D eigenvalue weighted by Gasteiger charge is -2.09. The zero-order chi connectivity index (χ0) is 13.1. The van der Waals surface area contributed by atoms with Crippen LogP contribution in [0.15, 0.2) is 46.9 Å². The van der Waals surface area contributed by atoms with Crippen LogP contribution in [0.5, 0.6) is 11.5 Å². The minimum absolute atomic E-state index is 0.0301. The quantitative estimate of drug-likeness (QED) is 0.896. The number of carboxylic acids is 1. The number of rotatable bonds is 3. The molecule has 0 aliphatic rings. The van der Waals surface area contributed by atoms with Crippen LogP contribution in [0, 0.1) is 0 Å². The van der Waals surface area contributed by atoms with E-state index in [9.17, 15) is 4.79 Å². The second-order valence-corrected chi connectivity index (χ2v) is 4.86. The van der Waals surface area contributed by atoms with Crippen LogP contribution in [0.4, 0.5) is 0 Å². The third-order valence-electron chi connectivity index (χ3n) is 2.20. The average Bonchev–Trinajstić information content (AvgIpc) is 2.31. The fourth-order valence-electron chi connectivity index (χ4n) is 1.42. The Balaban J connectivity index is 2.37. The van der Waals surface area contributed by atoms with Crippen molar-refractivity contribution in [3.05, 3.63) is 57.5 Å². The maximum atomic E-state index is 11.1. The van der Waals surface area contributed by atoms with Gasteiger partial charge in [0.15, 0.2) is 0 Å². The maximum absolute atomic E-state index is 11.1. The molecular formula is C13H8BrClO3. The van der Waals surface area contributed by atoms with Crippen molar-refractivity contribution in [1.82, 2.24) is 0 Å². The molecule has 92 valence electrons. The molecule has 0 saturated heterocycles. The molecule has 0 aromatic heterocycles. The summed E-state index contributed by atoms with van der Waals surface area (Å²) in [6, 6.07) is 11.6. The molecule has 0 spiro atoms. The third kappa shape index (κ3) is 3.03. The average molecular weight is 328 g/mol. The van der Waals surface area contributed by atoms with Gasteiger partial charge in [-0.25, -0.2) is 4.79 Å². The predicted octanol–water partition coefficient (Wildman–Crippen LogP) is 4.59. The van der Waals surface area contributed by atoms with Crippen molar-refractivity contribution >= 4 is 33.5 Å². The Morgan fingerprint density at radius 2 is 2.00 bits per heavy atom. The molecule has 1 N–H and O–H groups in total. The van der Waals surface area contributed by atoms with Crippen LogP contribution >= 0.6 is 27.5 Å². The molecule has 3 nitrogen and oxygen atoms in total. The van der Waals surface area contributed by atoms with Crippen molar-refractivity contribution in [2.75, 3.05) is 0 Å². The van der Waals surface area contributed by atoms with E-state index in [0.717, 1.165) is 4.47 Å². The molecule has 0 saturated carbocycles. The van der Waals surface area contributed by atoms with Crippen molar-refractivity contribution in [2.24, 2.45) is 0 Å². The zero-order valence-electron chi connectivity index (χ0n) is 9.06. The maximum Gasteiger partial charge on any atom is 0.339 e. The molecule has 5 heteroatoms. The summed E-state index contributed by atoms with van der Waals surface area (Å²) in [5.41, 5.74) is 0.0301. The van der Waals surface area contributed by atoms with Crippen LogP contribution in [0.1, 0.15) is 10.4 Å². The summed E-state index contributed by atoms with van der Waals surface area (Å²) < 4.78 is 6.39. The number of ether oxygens (including phenoxy) is 1. The van der Waals surface area contributed by atoms with Gasteiger partial charge in [0.2, 0.25) is 0 Å². The standard InChI is InChI=1S/C13H8BrClO3/c14-8-2-1-3-10(6-8)18-12-5-4-9(15)7-11(12)13(16)17/h1-7H,(H,16,17). The van der Waals surface area contributed by atoms with Crippen molar-refractivity contribution in [1.29, 1.82) is 0 Å². The van der Waals surface area contributed by atoms with Crippen molar-refractivity contribution in [2.45, 2.75) is 0 Å². The molecule has 0 bridgehead atoms. The van der Waals surface area contributed by atoms with E-state index >= 15 is 0 Å². The summed E-state index contributed by atoms with van der Waals surface area (Å²) in [5, 5.41) is 9.43.